The molecule has 5 amide bonds. The summed E-state index contributed by atoms with van der Waals surface area (Å²) in [5.74, 6) is -2.73. The van der Waals surface area contributed by atoms with Crippen LogP contribution in [-0.2, 0) is 54.5 Å². The number of rotatable bonds is 10. The maximum absolute atomic E-state index is 14.9. The standard InChI is InChI=1S/C27H31FN4O5.C22H23FN4O3.C15H22FN3O2.C10H20N2O2.CH3.W/c1-26(2,3)36-25(35)31-15-7-8-19(16-31)32(23-20(28)9-6-14-29-23)24(34)18-12-10-17(11-13-18)21-22(33)27(4,5)37-30-21;1-22(2)19(28)18(26-30-22)14-7-9-15(10-8-14)21(29)27(16-5-3-11-24-13-16)20-17(23)6-4-12-25-20;1-15(2,3)21-14(20)19-9-5-6-11(10-19)18-13-12(16)7-4-8-17-13;1-10(2,3)14-9(13)12-6-4-5-8(11)7-12;;/h6,9-14,19H,7-8,15-16H2,1-5H3;4,6-10,12,16,24H,3,5,11,13H2,1-2H3;4,7-8,11H,5-6,9-10H2,1-3H3,(H,17,18);8H,4-7,11H2,1-3H3;1H3;/q;;;;-1;/t19-;16-;11-;8-;;/m1111../s1. The summed E-state index contributed by atoms with van der Waals surface area (Å²) in [5.41, 5.74) is 4.27. The third-order valence-electron chi connectivity index (χ3n) is 16.8. The fourth-order valence-electron chi connectivity index (χ4n) is 11.7. The second-order valence-corrected chi connectivity index (χ2v) is 29.7. The maximum atomic E-state index is 14.9. The van der Waals surface area contributed by atoms with E-state index in [0.29, 0.717) is 62.3 Å². The van der Waals surface area contributed by atoms with Crippen LogP contribution in [0.5, 0.6) is 0 Å². The van der Waals surface area contributed by atoms with Crippen molar-refractivity contribution < 1.29 is 91.7 Å². The predicted molar refractivity (Wildman–Crippen MR) is 385 cm³/mol. The van der Waals surface area contributed by atoms with Crippen LogP contribution >= 0.6 is 0 Å². The monoisotopic (exact) mass is 1610 g/mol. The zero-order valence-corrected chi connectivity index (χ0v) is 64.9. The van der Waals surface area contributed by atoms with Gasteiger partial charge in [-0.25, -0.2) is 42.5 Å². The molecule has 29 heteroatoms. The van der Waals surface area contributed by atoms with E-state index < -0.39 is 57.7 Å². The van der Waals surface area contributed by atoms with Crippen molar-refractivity contribution in [1.29, 1.82) is 0 Å². The van der Waals surface area contributed by atoms with Crippen LogP contribution < -0.4 is 26.2 Å². The van der Waals surface area contributed by atoms with E-state index in [0.717, 1.165) is 51.6 Å². The summed E-state index contributed by atoms with van der Waals surface area (Å²) in [6.45, 7) is 27.7. The Labute approximate surface area is 621 Å². The number of pyridine rings is 3. The number of halogens is 3. The van der Waals surface area contributed by atoms with Gasteiger partial charge in [0, 0.05) is 120 Å². The molecule has 0 spiro atoms. The summed E-state index contributed by atoms with van der Waals surface area (Å²) in [6.07, 6.45) is 9.89. The first-order valence-corrected chi connectivity index (χ1v) is 34.5. The second-order valence-electron chi connectivity index (χ2n) is 29.7. The average Bonchev–Trinajstić information content (AvgIpc) is 1.28. The Balaban J connectivity index is 0.000000228. The van der Waals surface area contributed by atoms with Crippen molar-refractivity contribution in [3.05, 3.63) is 151 Å². The number of anilines is 3. The molecule has 0 unspecified atom stereocenters. The number of likely N-dealkylation sites (tertiary alicyclic amines) is 3. The van der Waals surface area contributed by atoms with E-state index in [2.05, 4.69) is 35.9 Å². The number of hydrogen-bond donors (Lipinski definition) is 3. The zero-order chi connectivity index (χ0) is 74.5. The first-order valence-electron chi connectivity index (χ1n) is 34.5. The summed E-state index contributed by atoms with van der Waals surface area (Å²) in [6, 6.07) is 20.6. The zero-order valence-electron chi connectivity index (χ0n) is 61.9. The fraction of sp³-hybridized carbons (Fsp3) is 0.507. The Bertz CT molecular complexity index is 3860. The number of benzene rings is 2. The van der Waals surface area contributed by atoms with Crippen LogP contribution in [0.1, 0.15) is 173 Å². The molecule has 4 N–H and O–H groups in total. The largest absolute Gasteiger partial charge is 0.444 e. The van der Waals surface area contributed by atoms with Gasteiger partial charge in [0.1, 0.15) is 16.8 Å². The van der Waals surface area contributed by atoms with Gasteiger partial charge in [0.2, 0.25) is 11.6 Å². The van der Waals surface area contributed by atoms with Gasteiger partial charge in [0.05, 0.1) is 12.1 Å². The van der Waals surface area contributed by atoms with Gasteiger partial charge in [-0.2, -0.15) is 0 Å². The number of carbonyl (C=O) groups is 7. The van der Waals surface area contributed by atoms with E-state index in [1.54, 1.807) is 119 Å². The Kier molecular flexibility index (Phi) is 29.3. The summed E-state index contributed by atoms with van der Waals surface area (Å²) in [7, 11) is 0. The van der Waals surface area contributed by atoms with Crippen LogP contribution in [0.25, 0.3) is 0 Å². The molecule has 25 nitrogen and oxygen atoms in total. The number of oxime groups is 2. The number of hydrogen-bond acceptors (Lipinski definition) is 20. The van der Waals surface area contributed by atoms with Gasteiger partial charge in [-0.3, -0.25) is 29.0 Å². The number of aromatic nitrogens is 3. The smallest absolute Gasteiger partial charge is 0.410 e. The predicted octanol–water partition coefficient (Wildman–Crippen LogP) is 11.9. The third-order valence-corrected chi connectivity index (χ3v) is 16.8. The molecule has 0 aliphatic carbocycles. The first-order chi connectivity index (χ1) is 48.0. The summed E-state index contributed by atoms with van der Waals surface area (Å²) < 4.78 is 59.1. The molecule has 104 heavy (non-hydrogen) atoms. The van der Waals surface area contributed by atoms with Crippen LogP contribution in [0.4, 0.5) is 45.0 Å². The van der Waals surface area contributed by atoms with Gasteiger partial charge in [0.15, 0.2) is 57.5 Å². The summed E-state index contributed by atoms with van der Waals surface area (Å²) >= 11 is 0. The van der Waals surface area contributed by atoms with Crippen molar-refractivity contribution >= 4 is 70.5 Å². The number of nitrogens with zero attached hydrogens (tertiary/aromatic N) is 10. The molecule has 0 bridgehead atoms. The molecule has 2 aromatic carbocycles. The molecule has 5 aromatic rings. The number of amides is 5. The van der Waals surface area contributed by atoms with E-state index >= 15 is 0 Å². The summed E-state index contributed by atoms with van der Waals surface area (Å²) in [4.78, 5) is 119. The molecule has 0 radical (unpaired) electrons. The molecule has 6 aliphatic heterocycles. The maximum Gasteiger partial charge on any atom is 0.410 e. The fourth-order valence-corrected chi connectivity index (χ4v) is 11.7. The molecular weight excluding hydrogens is 1520 g/mol. The number of ether oxygens (including phenoxy) is 3. The van der Waals surface area contributed by atoms with E-state index in [-0.39, 0.29) is 123 Å². The third kappa shape index (κ3) is 23.1. The number of nitrogens with two attached hydrogens (primary N) is 1. The van der Waals surface area contributed by atoms with Gasteiger partial charge in [-0.15, -0.1) is 0 Å². The topological polar surface area (TPSA) is 295 Å². The molecule has 564 valence electrons. The number of carbonyl (C=O) groups excluding carboxylic acids is 7. The van der Waals surface area contributed by atoms with Crippen molar-refractivity contribution in [2.24, 2.45) is 16.0 Å². The Morgan fingerprint density at radius 2 is 0.942 bits per heavy atom. The quantitative estimate of drug-likeness (QED) is 0.0864. The van der Waals surface area contributed by atoms with Gasteiger partial charge < -0.3 is 62.4 Å². The number of ketones is 2. The van der Waals surface area contributed by atoms with Gasteiger partial charge in [-0.05, 0) is 209 Å². The van der Waals surface area contributed by atoms with Crippen LogP contribution in [0.15, 0.2) is 114 Å². The van der Waals surface area contributed by atoms with Crippen LogP contribution in [0.2, 0.25) is 0 Å². The number of Topliss-reactive ketones (excluding diaryl/α,β-unsaturated/α-hetero) is 2. The molecule has 3 aromatic heterocycles. The minimum Gasteiger partial charge on any atom is -0.444 e. The molecule has 4 fully saturated rings. The first kappa shape index (κ1) is 84.1. The molecular formula is C75H99F3N13O12W-. The molecule has 0 saturated carbocycles. The molecule has 4 saturated heterocycles. The van der Waals surface area contributed by atoms with Crippen molar-refractivity contribution in [1.82, 2.24) is 35.0 Å². The van der Waals surface area contributed by atoms with Crippen molar-refractivity contribution in [3.63, 3.8) is 0 Å². The molecule has 4 atom stereocenters. The number of piperidine rings is 4. The van der Waals surface area contributed by atoms with Crippen molar-refractivity contribution in [2.45, 2.75) is 194 Å². The van der Waals surface area contributed by atoms with Gasteiger partial charge >= 0.3 is 18.3 Å². The molecule has 6 aliphatic rings. The second kappa shape index (κ2) is 36.2. The van der Waals surface area contributed by atoms with Crippen LogP contribution in [-0.4, -0.2) is 187 Å². The van der Waals surface area contributed by atoms with E-state index in [4.69, 9.17) is 29.6 Å². The van der Waals surface area contributed by atoms with Gasteiger partial charge in [0.25, 0.3) is 11.8 Å². The number of nitrogens with one attached hydrogen (secondary N) is 2. The van der Waals surface area contributed by atoms with Crippen LogP contribution in [0, 0.1) is 24.9 Å². The minimum atomic E-state index is -1.04. The Morgan fingerprint density at radius 1 is 0.548 bits per heavy atom. The van der Waals surface area contributed by atoms with E-state index in [1.165, 1.54) is 57.4 Å². The average molecular weight is 1620 g/mol. The van der Waals surface area contributed by atoms with E-state index in [1.807, 2.05) is 41.5 Å². The SMILES string of the molecule is CC(C)(C)OC(=O)N1CCC[C@@H](N(C(=O)c2ccc(C3=NOC(C)(C)C3=O)cc2)c2ncccc2F)C1.CC(C)(C)OC(=O)N1CCC[C@@H](N)C1.CC(C)(C)OC(=O)N1CCC[C@@H](Nc2ncccc2F)C1.CC1(C)ON=C(c2ccc(C(=O)N(c3ncccc3F)[C@@H]3CCCNC3)cc2)C1=O.[CH3-].[W]. The molecule has 9 heterocycles. The van der Waals surface area contributed by atoms with E-state index in [9.17, 15) is 46.7 Å². The van der Waals surface area contributed by atoms with Crippen molar-refractivity contribution in [2.75, 3.05) is 67.5 Å². The summed E-state index contributed by atoms with van der Waals surface area (Å²) in [5, 5.41) is 14.1. The normalized spacial score (nSPS) is 19.8. The molecule has 11 rings (SSSR count). The Morgan fingerprint density at radius 3 is 1.34 bits per heavy atom. The van der Waals surface area contributed by atoms with Crippen LogP contribution in [0.3, 0.4) is 0 Å². The minimum absolute atomic E-state index is 0. The Hall–Kier alpha value is -8.88. The van der Waals surface area contributed by atoms with Gasteiger partial charge in [-0.1, -0.05) is 34.6 Å². The van der Waals surface area contributed by atoms with Crippen molar-refractivity contribution in [3.8, 4) is 0 Å².